The summed E-state index contributed by atoms with van der Waals surface area (Å²) in [5.74, 6) is 1.90. The number of aromatic nitrogens is 3. The van der Waals surface area contributed by atoms with Gasteiger partial charge in [0.25, 0.3) is 0 Å². The molecule has 0 spiro atoms. The van der Waals surface area contributed by atoms with E-state index in [1.807, 2.05) is 31.2 Å². The molecule has 0 aliphatic heterocycles. The van der Waals surface area contributed by atoms with Crippen LogP contribution in [0.3, 0.4) is 0 Å². The largest absolute Gasteiger partial charge is 0.399 e. The first kappa shape index (κ1) is 12.7. The third-order valence-electron chi connectivity index (χ3n) is 3.32. The van der Waals surface area contributed by atoms with Crippen LogP contribution in [0, 0.1) is 6.92 Å². The lowest BCUT2D eigenvalue weighted by molar-refractivity contribution is 0.372. The van der Waals surface area contributed by atoms with Gasteiger partial charge in [-0.2, -0.15) is 0 Å². The molecule has 0 saturated heterocycles. The molecule has 0 bridgehead atoms. The van der Waals surface area contributed by atoms with Gasteiger partial charge in [0.1, 0.15) is 5.82 Å². The van der Waals surface area contributed by atoms with Gasteiger partial charge in [-0.3, -0.25) is 0 Å². The van der Waals surface area contributed by atoms with E-state index < -0.39 is 0 Å². The van der Waals surface area contributed by atoms with Crippen molar-refractivity contribution in [1.29, 1.82) is 0 Å². The van der Waals surface area contributed by atoms with Crippen molar-refractivity contribution < 1.29 is 4.52 Å². The Morgan fingerprint density at radius 1 is 1.30 bits per heavy atom. The SMILES string of the molecule is CCCc1nc2cc(N)ccc2n1Cc1cc(C)no1. The summed E-state index contributed by atoms with van der Waals surface area (Å²) < 4.78 is 7.50. The monoisotopic (exact) mass is 270 g/mol. The maximum Gasteiger partial charge on any atom is 0.156 e. The zero-order valence-corrected chi connectivity index (χ0v) is 11.8. The Bertz CT molecular complexity index is 741. The molecule has 0 atom stereocenters. The van der Waals surface area contributed by atoms with E-state index in [9.17, 15) is 0 Å². The average molecular weight is 270 g/mol. The van der Waals surface area contributed by atoms with Crippen LogP contribution in [0.25, 0.3) is 11.0 Å². The lowest BCUT2D eigenvalue weighted by atomic mass is 10.2. The molecule has 0 unspecified atom stereocenters. The summed E-state index contributed by atoms with van der Waals surface area (Å²) in [5, 5.41) is 3.94. The second kappa shape index (κ2) is 5.00. The molecule has 20 heavy (non-hydrogen) atoms. The Labute approximate surface area is 117 Å². The van der Waals surface area contributed by atoms with Gasteiger partial charge < -0.3 is 14.8 Å². The number of hydrogen-bond acceptors (Lipinski definition) is 4. The van der Waals surface area contributed by atoms with Crippen molar-refractivity contribution in [2.75, 3.05) is 5.73 Å². The molecule has 0 saturated carbocycles. The van der Waals surface area contributed by atoms with Crippen molar-refractivity contribution in [3.63, 3.8) is 0 Å². The fourth-order valence-corrected chi connectivity index (χ4v) is 2.43. The van der Waals surface area contributed by atoms with Gasteiger partial charge in [-0.25, -0.2) is 4.98 Å². The normalized spacial score (nSPS) is 11.3. The van der Waals surface area contributed by atoms with E-state index in [2.05, 4.69) is 21.6 Å². The first-order valence-corrected chi connectivity index (χ1v) is 6.84. The molecule has 104 valence electrons. The van der Waals surface area contributed by atoms with Gasteiger partial charge in [-0.15, -0.1) is 0 Å². The van der Waals surface area contributed by atoms with Gasteiger partial charge in [0.15, 0.2) is 5.76 Å². The number of imidazole rings is 1. The van der Waals surface area contributed by atoms with Gasteiger partial charge in [0.2, 0.25) is 0 Å². The molecule has 2 heterocycles. The highest BCUT2D eigenvalue weighted by atomic mass is 16.5. The maximum atomic E-state index is 5.84. The number of nitrogens with zero attached hydrogens (tertiary/aromatic N) is 3. The molecule has 5 heteroatoms. The molecule has 0 fully saturated rings. The predicted molar refractivity (Wildman–Crippen MR) is 78.5 cm³/mol. The highest BCUT2D eigenvalue weighted by Crippen LogP contribution is 2.21. The Morgan fingerprint density at radius 3 is 2.85 bits per heavy atom. The summed E-state index contributed by atoms with van der Waals surface area (Å²) in [6.07, 6.45) is 1.98. The molecule has 0 radical (unpaired) electrons. The lowest BCUT2D eigenvalue weighted by Crippen LogP contribution is -2.04. The Hall–Kier alpha value is -2.30. The van der Waals surface area contributed by atoms with Crippen molar-refractivity contribution in [3.05, 3.63) is 41.5 Å². The molecule has 3 aromatic rings. The van der Waals surface area contributed by atoms with Crippen molar-refractivity contribution in [2.24, 2.45) is 0 Å². The summed E-state index contributed by atoms with van der Waals surface area (Å²) in [7, 11) is 0. The fraction of sp³-hybridized carbons (Fsp3) is 0.333. The number of rotatable bonds is 4. The van der Waals surface area contributed by atoms with Crippen LogP contribution in [0.4, 0.5) is 5.69 Å². The van der Waals surface area contributed by atoms with Gasteiger partial charge in [0.05, 0.1) is 23.3 Å². The van der Waals surface area contributed by atoms with E-state index in [0.29, 0.717) is 6.54 Å². The summed E-state index contributed by atoms with van der Waals surface area (Å²) in [6.45, 7) is 4.72. The van der Waals surface area contributed by atoms with E-state index in [1.165, 1.54) is 0 Å². The fourth-order valence-electron chi connectivity index (χ4n) is 2.43. The van der Waals surface area contributed by atoms with Crippen LogP contribution in [0.1, 0.15) is 30.6 Å². The second-order valence-electron chi connectivity index (χ2n) is 5.05. The Morgan fingerprint density at radius 2 is 2.15 bits per heavy atom. The first-order chi connectivity index (χ1) is 9.67. The maximum absolute atomic E-state index is 5.84. The zero-order chi connectivity index (χ0) is 14.1. The molecule has 0 aliphatic rings. The van der Waals surface area contributed by atoms with Crippen molar-refractivity contribution in [1.82, 2.24) is 14.7 Å². The molecule has 5 nitrogen and oxygen atoms in total. The van der Waals surface area contributed by atoms with Crippen LogP contribution >= 0.6 is 0 Å². The van der Waals surface area contributed by atoms with Gasteiger partial charge >= 0.3 is 0 Å². The number of benzene rings is 1. The quantitative estimate of drug-likeness (QED) is 0.740. The van der Waals surface area contributed by atoms with Crippen LogP contribution in [0.2, 0.25) is 0 Å². The molecule has 3 rings (SSSR count). The highest BCUT2D eigenvalue weighted by Gasteiger charge is 2.12. The topological polar surface area (TPSA) is 69.9 Å². The third-order valence-corrected chi connectivity index (χ3v) is 3.32. The van der Waals surface area contributed by atoms with Crippen LogP contribution in [0.15, 0.2) is 28.8 Å². The van der Waals surface area contributed by atoms with E-state index in [1.54, 1.807) is 0 Å². The molecule has 2 N–H and O–H groups in total. The standard InChI is InChI=1S/C15H18N4O/c1-3-4-15-17-13-8-11(16)5-6-14(13)19(15)9-12-7-10(2)18-20-12/h5-8H,3-4,9,16H2,1-2H3. The third kappa shape index (κ3) is 2.27. The molecule has 0 amide bonds. The number of fused-ring (bicyclic) bond motifs is 1. The second-order valence-corrected chi connectivity index (χ2v) is 5.05. The van der Waals surface area contributed by atoms with Crippen LogP contribution in [-0.2, 0) is 13.0 Å². The number of anilines is 1. The Kier molecular flexibility index (Phi) is 3.18. The molecule has 2 aromatic heterocycles. The van der Waals surface area contributed by atoms with Crippen LogP contribution in [0.5, 0.6) is 0 Å². The van der Waals surface area contributed by atoms with Crippen molar-refractivity contribution >= 4 is 16.7 Å². The molecular weight excluding hydrogens is 252 g/mol. The summed E-state index contributed by atoms with van der Waals surface area (Å²) >= 11 is 0. The number of nitrogen functional groups attached to an aromatic ring is 1. The first-order valence-electron chi connectivity index (χ1n) is 6.84. The van der Waals surface area contributed by atoms with E-state index in [-0.39, 0.29) is 0 Å². The van der Waals surface area contributed by atoms with Crippen LogP contribution < -0.4 is 5.73 Å². The minimum Gasteiger partial charge on any atom is -0.399 e. The highest BCUT2D eigenvalue weighted by molar-refractivity contribution is 5.79. The predicted octanol–water partition coefficient (Wildman–Crippen LogP) is 2.92. The minimum absolute atomic E-state index is 0.649. The van der Waals surface area contributed by atoms with Gasteiger partial charge in [-0.1, -0.05) is 12.1 Å². The summed E-state index contributed by atoms with van der Waals surface area (Å²) in [6, 6.07) is 7.79. The smallest absolute Gasteiger partial charge is 0.156 e. The van der Waals surface area contributed by atoms with E-state index in [4.69, 9.17) is 10.3 Å². The molecular formula is C15H18N4O. The van der Waals surface area contributed by atoms with Crippen molar-refractivity contribution in [3.8, 4) is 0 Å². The zero-order valence-electron chi connectivity index (χ0n) is 11.8. The summed E-state index contributed by atoms with van der Waals surface area (Å²) in [4.78, 5) is 4.69. The average Bonchev–Trinajstić information content (AvgIpc) is 2.95. The van der Waals surface area contributed by atoms with Crippen LogP contribution in [-0.4, -0.2) is 14.7 Å². The number of nitrogens with two attached hydrogens (primary N) is 1. The molecule has 0 aliphatic carbocycles. The van der Waals surface area contributed by atoms with E-state index >= 15 is 0 Å². The lowest BCUT2D eigenvalue weighted by Gasteiger charge is -2.06. The molecule has 1 aromatic carbocycles. The summed E-state index contributed by atoms with van der Waals surface area (Å²) in [5.41, 5.74) is 9.48. The van der Waals surface area contributed by atoms with Gasteiger partial charge in [-0.05, 0) is 31.5 Å². The van der Waals surface area contributed by atoms with E-state index in [0.717, 1.165) is 46.8 Å². The van der Waals surface area contributed by atoms with Gasteiger partial charge in [0, 0.05) is 18.2 Å². The Balaban J connectivity index is 2.08. The number of aryl methyl sites for hydroxylation is 2. The number of hydrogen-bond donors (Lipinski definition) is 1. The van der Waals surface area contributed by atoms with Crippen molar-refractivity contribution in [2.45, 2.75) is 33.2 Å². The minimum atomic E-state index is 0.649.